The Labute approximate surface area is 148 Å². The Hall–Kier alpha value is -2.92. The van der Waals surface area contributed by atoms with Gasteiger partial charge >= 0.3 is 0 Å². The van der Waals surface area contributed by atoms with Crippen LogP contribution in [-0.2, 0) is 6.54 Å². The molecule has 1 amide bonds. The van der Waals surface area contributed by atoms with Crippen molar-refractivity contribution in [2.75, 3.05) is 4.90 Å². The van der Waals surface area contributed by atoms with E-state index in [1.807, 2.05) is 18.2 Å². The highest BCUT2D eigenvalue weighted by Gasteiger charge is 2.27. The number of nitrogens with zero attached hydrogens (tertiary/aromatic N) is 2. The first-order valence-electron chi connectivity index (χ1n) is 7.61. The molecule has 2 aromatic carbocycles. The molecule has 0 unspecified atom stereocenters. The lowest BCUT2D eigenvalue weighted by atomic mass is 10.1. The highest BCUT2D eigenvalue weighted by atomic mass is 35.5. The van der Waals surface area contributed by atoms with Crippen molar-refractivity contribution >= 4 is 23.2 Å². The van der Waals surface area contributed by atoms with Crippen molar-refractivity contribution < 1.29 is 13.9 Å². The Bertz CT molecular complexity index is 977. The van der Waals surface area contributed by atoms with E-state index in [4.69, 9.17) is 16.3 Å². The van der Waals surface area contributed by atoms with Gasteiger partial charge in [0.05, 0.1) is 22.8 Å². The van der Waals surface area contributed by atoms with Crippen LogP contribution in [0.1, 0.15) is 15.9 Å². The molecule has 1 aliphatic heterocycles. The maximum atomic E-state index is 13.3. The van der Waals surface area contributed by atoms with Gasteiger partial charge < -0.3 is 9.64 Å². The van der Waals surface area contributed by atoms with E-state index >= 15 is 0 Å². The predicted molar refractivity (Wildman–Crippen MR) is 92.7 cm³/mol. The van der Waals surface area contributed by atoms with Crippen LogP contribution in [0.15, 0.2) is 60.8 Å². The molecule has 1 aromatic heterocycles. The first kappa shape index (κ1) is 15.6. The van der Waals surface area contributed by atoms with Gasteiger partial charge in [0.2, 0.25) is 5.88 Å². The molecule has 0 saturated carbocycles. The molecular weight excluding hydrogens is 343 g/mol. The molecule has 2 heterocycles. The minimum absolute atomic E-state index is 0.0686. The topological polar surface area (TPSA) is 42.4 Å². The third-order valence-corrected chi connectivity index (χ3v) is 4.26. The smallest absolute Gasteiger partial charge is 0.260 e. The Morgan fingerprint density at radius 1 is 1.16 bits per heavy atom. The van der Waals surface area contributed by atoms with E-state index in [1.165, 1.54) is 12.1 Å². The molecule has 4 nitrogen and oxygen atoms in total. The predicted octanol–water partition coefficient (Wildman–Crippen LogP) is 4.83. The number of hydrogen-bond acceptors (Lipinski definition) is 3. The molecule has 1 aliphatic rings. The van der Waals surface area contributed by atoms with Crippen LogP contribution in [0.25, 0.3) is 0 Å². The zero-order chi connectivity index (χ0) is 17.4. The van der Waals surface area contributed by atoms with E-state index in [-0.39, 0.29) is 23.0 Å². The zero-order valence-corrected chi connectivity index (χ0v) is 13.7. The molecule has 3 aromatic rings. The van der Waals surface area contributed by atoms with E-state index in [0.29, 0.717) is 17.3 Å². The molecule has 0 radical (unpaired) electrons. The van der Waals surface area contributed by atoms with Crippen molar-refractivity contribution in [3.63, 3.8) is 0 Å². The van der Waals surface area contributed by atoms with Gasteiger partial charge in [0.15, 0.2) is 5.75 Å². The summed E-state index contributed by atoms with van der Waals surface area (Å²) in [5.41, 5.74) is 1.60. The number of fused-ring (bicyclic) bond motifs is 2. The van der Waals surface area contributed by atoms with E-state index in [1.54, 1.807) is 29.3 Å². The van der Waals surface area contributed by atoms with E-state index in [9.17, 15) is 9.18 Å². The summed E-state index contributed by atoms with van der Waals surface area (Å²) in [5.74, 6) is 0.149. The van der Waals surface area contributed by atoms with Gasteiger partial charge in [-0.3, -0.25) is 4.79 Å². The average molecular weight is 355 g/mol. The van der Waals surface area contributed by atoms with Crippen LogP contribution in [0.2, 0.25) is 5.02 Å². The molecule has 0 fully saturated rings. The molecule has 0 atom stereocenters. The SMILES string of the molecule is O=C(c1ccc(F)cc1Cl)N1Cc2cccnc2Oc2ccccc21. The number of hydrogen-bond donors (Lipinski definition) is 0. The number of rotatable bonds is 1. The van der Waals surface area contributed by atoms with Gasteiger partial charge in [0, 0.05) is 11.8 Å². The molecule has 6 heteroatoms. The van der Waals surface area contributed by atoms with Crippen LogP contribution in [0.4, 0.5) is 10.1 Å². The number of aromatic nitrogens is 1. The van der Waals surface area contributed by atoms with Crippen molar-refractivity contribution in [3.8, 4) is 11.6 Å². The Morgan fingerprint density at radius 3 is 2.84 bits per heavy atom. The monoisotopic (exact) mass is 354 g/mol. The highest BCUT2D eigenvalue weighted by molar-refractivity contribution is 6.34. The number of carbonyl (C=O) groups is 1. The van der Waals surface area contributed by atoms with Crippen molar-refractivity contribution in [2.24, 2.45) is 0 Å². The summed E-state index contributed by atoms with van der Waals surface area (Å²) in [4.78, 5) is 18.9. The molecule has 0 spiro atoms. The minimum Gasteiger partial charge on any atom is -0.436 e. The molecule has 0 aliphatic carbocycles. The van der Waals surface area contributed by atoms with Crippen LogP contribution in [-0.4, -0.2) is 10.9 Å². The average Bonchev–Trinajstić information content (AvgIpc) is 2.78. The molecule has 124 valence electrons. The second kappa shape index (κ2) is 6.18. The van der Waals surface area contributed by atoms with Gasteiger partial charge in [-0.25, -0.2) is 9.37 Å². The first-order valence-corrected chi connectivity index (χ1v) is 7.99. The fraction of sp³-hybridized carbons (Fsp3) is 0.0526. The second-order valence-electron chi connectivity index (χ2n) is 5.55. The lowest BCUT2D eigenvalue weighted by Crippen LogP contribution is -2.30. The number of carbonyl (C=O) groups excluding carboxylic acids is 1. The van der Waals surface area contributed by atoms with Crippen LogP contribution in [0.3, 0.4) is 0 Å². The van der Waals surface area contributed by atoms with Crippen molar-refractivity contribution in [1.82, 2.24) is 4.98 Å². The zero-order valence-electron chi connectivity index (χ0n) is 12.9. The number of benzene rings is 2. The Balaban J connectivity index is 1.84. The molecule has 0 saturated heterocycles. The summed E-state index contributed by atoms with van der Waals surface area (Å²) in [7, 11) is 0. The number of halogens is 2. The van der Waals surface area contributed by atoms with Crippen molar-refractivity contribution in [1.29, 1.82) is 0 Å². The van der Waals surface area contributed by atoms with Gasteiger partial charge in [0.25, 0.3) is 5.91 Å². The van der Waals surface area contributed by atoms with Gasteiger partial charge in [0.1, 0.15) is 5.82 Å². The van der Waals surface area contributed by atoms with Gasteiger partial charge in [-0.15, -0.1) is 0 Å². The minimum atomic E-state index is -0.490. The number of pyridine rings is 1. The largest absolute Gasteiger partial charge is 0.436 e. The van der Waals surface area contributed by atoms with Crippen molar-refractivity contribution in [2.45, 2.75) is 6.54 Å². The summed E-state index contributed by atoms with van der Waals surface area (Å²) >= 11 is 6.08. The fourth-order valence-electron chi connectivity index (χ4n) is 2.75. The molecular formula is C19H12ClFN2O2. The molecule has 4 rings (SSSR count). The fourth-order valence-corrected chi connectivity index (χ4v) is 3.00. The van der Waals surface area contributed by atoms with Crippen LogP contribution < -0.4 is 9.64 Å². The van der Waals surface area contributed by atoms with Crippen molar-refractivity contribution in [3.05, 3.63) is 82.8 Å². The third kappa shape index (κ3) is 2.83. The number of amides is 1. The quantitative estimate of drug-likeness (QED) is 0.628. The number of para-hydroxylation sites is 2. The third-order valence-electron chi connectivity index (χ3n) is 3.95. The first-order chi connectivity index (χ1) is 12.1. The maximum Gasteiger partial charge on any atom is 0.260 e. The van der Waals surface area contributed by atoms with E-state index in [0.717, 1.165) is 11.6 Å². The van der Waals surface area contributed by atoms with E-state index < -0.39 is 5.82 Å². The Morgan fingerprint density at radius 2 is 2.00 bits per heavy atom. The second-order valence-corrected chi connectivity index (χ2v) is 5.96. The summed E-state index contributed by atoms with van der Waals surface area (Å²) in [6.07, 6.45) is 1.63. The highest BCUT2D eigenvalue weighted by Crippen LogP contribution is 2.38. The summed E-state index contributed by atoms with van der Waals surface area (Å²) in [5, 5.41) is 0.0686. The summed E-state index contributed by atoms with van der Waals surface area (Å²) in [6, 6.07) is 14.6. The van der Waals surface area contributed by atoms with Gasteiger partial charge in [-0.05, 0) is 36.4 Å². The van der Waals surface area contributed by atoms with Gasteiger partial charge in [-0.1, -0.05) is 29.8 Å². The maximum absolute atomic E-state index is 13.3. The molecule has 0 N–H and O–H groups in total. The standard InChI is InChI=1S/C19H12ClFN2O2/c20-15-10-13(21)7-8-14(15)19(24)23-11-12-4-3-9-22-18(12)25-17-6-2-1-5-16(17)23/h1-10H,11H2. The summed E-state index contributed by atoms with van der Waals surface area (Å²) < 4.78 is 19.2. The molecule has 0 bridgehead atoms. The normalized spacial score (nSPS) is 12.6. The van der Waals surface area contributed by atoms with Crippen LogP contribution in [0.5, 0.6) is 11.6 Å². The van der Waals surface area contributed by atoms with Crippen LogP contribution >= 0.6 is 11.6 Å². The summed E-state index contributed by atoms with van der Waals surface area (Å²) in [6.45, 7) is 0.271. The van der Waals surface area contributed by atoms with Gasteiger partial charge in [-0.2, -0.15) is 0 Å². The number of anilines is 1. The number of ether oxygens (including phenoxy) is 1. The Kier molecular flexibility index (Phi) is 3.86. The van der Waals surface area contributed by atoms with E-state index in [2.05, 4.69) is 4.98 Å². The lowest BCUT2D eigenvalue weighted by molar-refractivity contribution is 0.0985. The molecule has 25 heavy (non-hydrogen) atoms. The lowest BCUT2D eigenvalue weighted by Gasteiger charge is -2.22. The van der Waals surface area contributed by atoms with Crippen LogP contribution in [0, 0.1) is 5.82 Å².